The number of aryl methyl sites for hydroxylation is 1. The van der Waals surface area contributed by atoms with Gasteiger partial charge in [-0.1, -0.05) is 109 Å². The van der Waals surface area contributed by atoms with Crippen LogP contribution in [0.1, 0.15) is 116 Å². The number of hydrogen-bond donors (Lipinski definition) is 2. The molecule has 0 aliphatic rings. The minimum atomic E-state index is -4.49. The third-order valence-electron chi connectivity index (χ3n) is 6.85. The molecule has 1 amide bonds. The lowest BCUT2D eigenvalue weighted by Gasteiger charge is -2.18. The standard InChI is InChI=1S/C13H11F3N2O.C11H14O2.C8H18.C5H12N2O.C2H6/c1-9-6-18(8-17-9)12(7-19)10-4-2-3-5-11(10)13(14,15)16;1-10(12)7-8-13-9-11-5-3-2-4-6-11;1-4-6-8(3)7-5-2;1-5(2,6)4(8)7-3;1-2/h2-8,12H,1H3;2-6H,7-9H2,1H3;8H,4-7H2,1-3H3;6H2,1-3H3,(H,7,8);1-2H3. The van der Waals surface area contributed by atoms with E-state index in [0.717, 1.165) is 17.5 Å². The number of ketones is 1. The molecule has 8 nitrogen and oxygen atoms in total. The van der Waals surface area contributed by atoms with Gasteiger partial charge in [0.2, 0.25) is 5.91 Å². The van der Waals surface area contributed by atoms with Crippen LogP contribution in [0.4, 0.5) is 13.2 Å². The summed E-state index contributed by atoms with van der Waals surface area (Å²) in [5.74, 6) is 0.996. The maximum Gasteiger partial charge on any atom is 0.416 e. The van der Waals surface area contributed by atoms with Crippen molar-refractivity contribution in [3.05, 3.63) is 89.5 Å². The van der Waals surface area contributed by atoms with Crippen molar-refractivity contribution in [2.45, 2.75) is 119 Å². The van der Waals surface area contributed by atoms with Crippen LogP contribution in [0.5, 0.6) is 0 Å². The fourth-order valence-electron chi connectivity index (χ4n) is 4.34. The number of alkyl halides is 3. The normalized spacial score (nSPS) is 11.2. The summed E-state index contributed by atoms with van der Waals surface area (Å²) >= 11 is 0. The first-order valence-electron chi connectivity index (χ1n) is 17.2. The summed E-state index contributed by atoms with van der Waals surface area (Å²) in [6, 6.07) is 14.0. The van der Waals surface area contributed by atoms with Crippen LogP contribution in [-0.4, -0.2) is 46.7 Å². The summed E-state index contributed by atoms with van der Waals surface area (Å²) < 4.78 is 45.5. The van der Waals surface area contributed by atoms with E-state index in [9.17, 15) is 27.6 Å². The first kappa shape index (κ1) is 48.3. The molecule has 1 atom stereocenters. The van der Waals surface area contributed by atoms with Crippen LogP contribution >= 0.6 is 0 Å². The predicted molar refractivity (Wildman–Crippen MR) is 197 cm³/mol. The van der Waals surface area contributed by atoms with E-state index in [2.05, 4.69) is 31.1 Å². The van der Waals surface area contributed by atoms with Gasteiger partial charge in [0, 0.05) is 19.7 Å². The number of imidazole rings is 1. The molecule has 11 heteroatoms. The largest absolute Gasteiger partial charge is 0.416 e. The molecule has 2 aromatic carbocycles. The number of nitrogens with two attached hydrogens (primary N) is 1. The molecule has 0 saturated carbocycles. The summed E-state index contributed by atoms with van der Waals surface area (Å²) in [6.07, 6.45) is 4.89. The Hall–Kier alpha value is -3.83. The first-order valence-corrected chi connectivity index (χ1v) is 17.2. The monoisotopic (exact) mass is 706 g/mol. The fraction of sp³-hybridized carbons (Fsp3) is 0.538. The quantitative estimate of drug-likeness (QED) is 0.136. The second-order valence-electron chi connectivity index (χ2n) is 12.1. The van der Waals surface area contributed by atoms with Crippen molar-refractivity contribution in [3.63, 3.8) is 0 Å². The van der Waals surface area contributed by atoms with E-state index >= 15 is 0 Å². The fourth-order valence-corrected chi connectivity index (χ4v) is 4.34. The predicted octanol–water partition coefficient (Wildman–Crippen LogP) is 8.90. The van der Waals surface area contributed by atoms with E-state index in [1.165, 1.54) is 61.0 Å². The highest BCUT2D eigenvalue weighted by atomic mass is 19.4. The van der Waals surface area contributed by atoms with Gasteiger partial charge in [-0.05, 0) is 50.8 Å². The molecule has 3 rings (SSSR count). The van der Waals surface area contributed by atoms with Gasteiger partial charge in [0.1, 0.15) is 18.1 Å². The third kappa shape index (κ3) is 22.0. The van der Waals surface area contributed by atoms with Crippen molar-refractivity contribution in [2.75, 3.05) is 13.7 Å². The Labute approximate surface area is 298 Å². The van der Waals surface area contributed by atoms with Gasteiger partial charge in [-0.2, -0.15) is 13.2 Å². The number of Topliss-reactive ketones (excluding diaryl/α,β-unsaturated/α-hetero) is 1. The number of benzene rings is 2. The number of halogens is 3. The second-order valence-corrected chi connectivity index (χ2v) is 12.1. The molecule has 282 valence electrons. The number of hydrogen-bond acceptors (Lipinski definition) is 6. The van der Waals surface area contributed by atoms with Gasteiger partial charge in [-0.25, -0.2) is 4.98 Å². The van der Waals surface area contributed by atoms with Gasteiger partial charge in [0.15, 0.2) is 0 Å². The van der Waals surface area contributed by atoms with Crippen molar-refractivity contribution in [3.8, 4) is 0 Å². The van der Waals surface area contributed by atoms with Gasteiger partial charge in [-0.15, -0.1) is 0 Å². The second kappa shape index (κ2) is 27.0. The van der Waals surface area contributed by atoms with E-state index in [4.69, 9.17) is 10.5 Å². The third-order valence-corrected chi connectivity index (χ3v) is 6.85. The number of carbonyl (C=O) groups excluding carboxylic acids is 3. The molecule has 0 aliphatic heterocycles. The molecule has 1 heterocycles. The van der Waals surface area contributed by atoms with Gasteiger partial charge < -0.3 is 25.1 Å². The van der Waals surface area contributed by atoms with Crippen LogP contribution in [0, 0.1) is 12.8 Å². The Morgan fingerprint density at radius 1 is 1.00 bits per heavy atom. The number of ether oxygens (including phenoxy) is 1. The molecule has 1 aromatic heterocycles. The van der Waals surface area contributed by atoms with Crippen LogP contribution in [0.3, 0.4) is 0 Å². The molecule has 50 heavy (non-hydrogen) atoms. The highest BCUT2D eigenvalue weighted by Crippen LogP contribution is 2.35. The molecule has 0 saturated heterocycles. The highest BCUT2D eigenvalue weighted by Gasteiger charge is 2.35. The average Bonchev–Trinajstić information content (AvgIpc) is 3.50. The Bertz CT molecular complexity index is 1320. The Balaban J connectivity index is 0. The van der Waals surface area contributed by atoms with E-state index in [1.54, 1.807) is 34.7 Å². The number of amides is 1. The van der Waals surface area contributed by atoms with E-state index in [0.29, 0.717) is 31.6 Å². The van der Waals surface area contributed by atoms with Crippen molar-refractivity contribution in [2.24, 2.45) is 11.7 Å². The number of likely N-dealkylation sites (N-methyl/N-ethyl adjacent to an activating group) is 1. The Morgan fingerprint density at radius 3 is 1.94 bits per heavy atom. The van der Waals surface area contributed by atoms with Crippen LogP contribution in [-0.2, 0) is 31.9 Å². The van der Waals surface area contributed by atoms with E-state index in [-0.39, 0.29) is 17.3 Å². The van der Waals surface area contributed by atoms with Crippen LogP contribution in [0.25, 0.3) is 0 Å². The number of aromatic nitrogens is 2. The zero-order valence-corrected chi connectivity index (χ0v) is 31.8. The Kier molecular flexibility index (Phi) is 26.0. The summed E-state index contributed by atoms with van der Waals surface area (Å²) in [6.45, 7) is 18.6. The van der Waals surface area contributed by atoms with Gasteiger partial charge >= 0.3 is 6.18 Å². The molecule has 3 aromatic rings. The smallest absolute Gasteiger partial charge is 0.376 e. The van der Waals surface area contributed by atoms with Crippen LogP contribution in [0.2, 0.25) is 0 Å². The maximum atomic E-state index is 12.9. The zero-order chi connectivity index (χ0) is 38.8. The average molecular weight is 707 g/mol. The number of nitrogens with zero attached hydrogens (tertiary/aromatic N) is 2. The summed E-state index contributed by atoms with van der Waals surface area (Å²) in [7, 11) is 1.57. The SMILES string of the molecule is CC.CC(=O)CCOCc1ccccc1.CCCC(C)CCC.CNC(=O)C(C)(C)N.Cc1cn(C(C=O)c2ccccc2C(F)(F)F)cn1. The number of rotatable bonds is 13. The zero-order valence-electron chi connectivity index (χ0n) is 31.8. The summed E-state index contributed by atoms with van der Waals surface area (Å²) in [4.78, 5) is 36.3. The van der Waals surface area contributed by atoms with Gasteiger partial charge in [0.05, 0.1) is 36.3 Å². The van der Waals surface area contributed by atoms with Crippen molar-refractivity contribution in [1.29, 1.82) is 0 Å². The molecular formula is C39H61F3N4O4. The lowest BCUT2D eigenvalue weighted by molar-refractivity contribution is -0.138. The minimum Gasteiger partial charge on any atom is -0.376 e. The van der Waals surface area contributed by atoms with Gasteiger partial charge in [0.25, 0.3) is 0 Å². The molecule has 0 radical (unpaired) electrons. The maximum absolute atomic E-state index is 12.9. The molecular weight excluding hydrogens is 645 g/mol. The van der Waals surface area contributed by atoms with Crippen molar-refractivity contribution < 1.29 is 32.3 Å². The summed E-state index contributed by atoms with van der Waals surface area (Å²) in [5, 5.41) is 2.44. The number of nitrogens with one attached hydrogen (secondary N) is 1. The van der Waals surface area contributed by atoms with E-state index < -0.39 is 23.3 Å². The lowest BCUT2D eigenvalue weighted by Crippen LogP contribution is -2.47. The minimum absolute atomic E-state index is 0.0811. The first-order chi connectivity index (χ1) is 23.5. The van der Waals surface area contributed by atoms with Gasteiger partial charge in [-0.3, -0.25) is 9.59 Å². The van der Waals surface area contributed by atoms with Crippen molar-refractivity contribution in [1.82, 2.24) is 14.9 Å². The topological polar surface area (TPSA) is 116 Å². The molecule has 3 N–H and O–H groups in total. The molecule has 0 spiro atoms. The van der Waals surface area contributed by atoms with Crippen molar-refractivity contribution >= 4 is 18.0 Å². The molecule has 0 bridgehead atoms. The molecule has 0 fully saturated rings. The van der Waals surface area contributed by atoms with Crippen LogP contribution in [0.15, 0.2) is 67.1 Å². The lowest BCUT2D eigenvalue weighted by atomic mass is 10.0. The summed E-state index contributed by atoms with van der Waals surface area (Å²) in [5.41, 5.74) is 5.53. The highest BCUT2D eigenvalue weighted by molar-refractivity contribution is 5.84. The van der Waals surface area contributed by atoms with E-state index in [1.807, 2.05) is 44.2 Å². The molecule has 1 unspecified atom stereocenters. The number of aldehydes is 1. The molecule has 0 aliphatic carbocycles. The van der Waals surface area contributed by atoms with Crippen LogP contribution < -0.4 is 11.1 Å². The number of carbonyl (C=O) groups is 3. The Morgan fingerprint density at radius 2 is 1.54 bits per heavy atom.